The summed E-state index contributed by atoms with van der Waals surface area (Å²) in [5.74, 6) is 0.302. The largest absolute Gasteiger partial charge is 0.497 e. The molecule has 0 spiro atoms. The fourth-order valence-corrected chi connectivity index (χ4v) is 2.56. The lowest BCUT2D eigenvalue weighted by Gasteiger charge is -2.18. The van der Waals surface area contributed by atoms with Gasteiger partial charge in [-0.25, -0.2) is 0 Å². The van der Waals surface area contributed by atoms with Gasteiger partial charge in [-0.2, -0.15) is 0 Å². The molecule has 0 aliphatic carbocycles. The van der Waals surface area contributed by atoms with E-state index in [1.165, 1.54) is 4.90 Å². The van der Waals surface area contributed by atoms with Crippen LogP contribution in [0.5, 0.6) is 11.5 Å². The molecule has 1 heterocycles. The molecule has 112 valence electrons. The minimum Gasteiger partial charge on any atom is -0.497 e. The summed E-state index contributed by atoms with van der Waals surface area (Å²) >= 11 is 0. The standard InChI is InChI=1S/C17H15NO4/c1-21-12-8-7-11(15(9-12)22-2)10-18-14-6-4-3-5-13(14)16(19)17(18)20/h3-9H,10H2,1-2H3. The summed E-state index contributed by atoms with van der Waals surface area (Å²) in [7, 11) is 3.14. The van der Waals surface area contributed by atoms with E-state index in [4.69, 9.17) is 9.47 Å². The molecule has 5 nitrogen and oxygen atoms in total. The van der Waals surface area contributed by atoms with Crippen LogP contribution in [0.2, 0.25) is 0 Å². The van der Waals surface area contributed by atoms with Crippen molar-refractivity contribution < 1.29 is 19.1 Å². The van der Waals surface area contributed by atoms with Crippen LogP contribution in [0.4, 0.5) is 5.69 Å². The van der Waals surface area contributed by atoms with Gasteiger partial charge in [0.05, 0.1) is 32.0 Å². The van der Waals surface area contributed by atoms with Crippen LogP contribution in [-0.2, 0) is 11.3 Å². The van der Waals surface area contributed by atoms with Crippen molar-refractivity contribution in [2.75, 3.05) is 19.1 Å². The molecule has 0 N–H and O–H groups in total. The highest BCUT2D eigenvalue weighted by atomic mass is 16.5. The summed E-state index contributed by atoms with van der Waals surface area (Å²) in [6, 6.07) is 12.4. The number of rotatable bonds is 4. The summed E-state index contributed by atoms with van der Waals surface area (Å²) in [6.07, 6.45) is 0. The van der Waals surface area contributed by atoms with E-state index in [2.05, 4.69) is 0 Å². The Kier molecular flexibility index (Phi) is 3.55. The van der Waals surface area contributed by atoms with Crippen molar-refractivity contribution in [2.45, 2.75) is 6.54 Å². The lowest BCUT2D eigenvalue weighted by molar-refractivity contribution is -0.114. The fraction of sp³-hybridized carbons (Fsp3) is 0.176. The Balaban J connectivity index is 1.97. The molecule has 0 saturated carbocycles. The second-order valence-electron chi connectivity index (χ2n) is 4.92. The van der Waals surface area contributed by atoms with Gasteiger partial charge in [0.1, 0.15) is 11.5 Å². The van der Waals surface area contributed by atoms with Gasteiger partial charge in [-0.05, 0) is 24.3 Å². The van der Waals surface area contributed by atoms with Gasteiger partial charge in [0.2, 0.25) is 0 Å². The molecule has 0 radical (unpaired) electrons. The number of carbonyl (C=O) groups excluding carboxylic acids is 2. The Labute approximate surface area is 128 Å². The number of fused-ring (bicyclic) bond motifs is 1. The van der Waals surface area contributed by atoms with Gasteiger partial charge < -0.3 is 14.4 Å². The zero-order valence-corrected chi connectivity index (χ0v) is 12.3. The molecule has 0 fully saturated rings. The van der Waals surface area contributed by atoms with Crippen LogP contribution >= 0.6 is 0 Å². The quantitative estimate of drug-likeness (QED) is 0.813. The van der Waals surface area contributed by atoms with Crippen molar-refractivity contribution in [1.82, 2.24) is 0 Å². The number of para-hydroxylation sites is 1. The molecule has 0 aromatic heterocycles. The van der Waals surface area contributed by atoms with E-state index in [0.717, 1.165) is 5.56 Å². The number of methoxy groups -OCH3 is 2. The Bertz CT molecular complexity index is 754. The number of nitrogens with zero attached hydrogens (tertiary/aromatic N) is 1. The molecule has 1 amide bonds. The Morgan fingerprint density at radius 2 is 1.77 bits per heavy atom. The third-order valence-electron chi connectivity index (χ3n) is 3.70. The van der Waals surface area contributed by atoms with Crippen molar-refractivity contribution in [3.63, 3.8) is 0 Å². The average Bonchev–Trinajstić information content (AvgIpc) is 2.80. The van der Waals surface area contributed by atoms with E-state index < -0.39 is 11.7 Å². The van der Waals surface area contributed by atoms with E-state index in [9.17, 15) is 9.59 Å². The maximum atomic E-state index is 12.2. The van der Waals surface area contributed by atoms with E-state index in [0.29, 0.717) is 22.7 Å². The maximum absolute atomic E-state index is 12.2. The van der Waals surface area contributed by atoms with Gasteiger partial charge in [0.15, 0.2) is 0 Å². The van der Waals surface area contributed by atoms with Crippen LogP contribution in [0.3, 0.4) is 0 Å². The second-order valence-corrected chi connectivity index (χ2v) is 4.92. The highest BCUT2D eigenvalue weighted by Crippen LogP contribution is 2.32. The highest BCUT2D eigenvalue weighted by molar-refractivity contribution is 6.52. The van der Waals surface area contributed by atoms with Crippen LogP contribution in [0.25, 0.3) is 0 Å². The van der Waals surface area contributed by atoms with Gasteiger partial charge in [0, 0.05) is 11.6 Å². The number of hydrogen-bond donors (Lipinski definition) is 0. The number of ketones is 1. The molecule has 0 atom stereocenters. The number of Topliss-reactive ketones (excluding diaryl/α,β-unsaturated/α-hetero) is 1. The number of ether oxygens (including phenoxy) is 2. The van der Waals surface area contributed by atoms with Crippen molar-refractivity contribution >= 4 is 17.4 Å². The van der Waals surface area contributed by atoms with E-state index in [1.807, 2.05) is 12.1 Å². The van der Waals surface area contributed by atoms with Crippen molar-refractivity contribution in [2.24, 2.45) is 0 Å². The molecule has 2 aromatic rings. The second kappa shape index (κ2) is 5.52. The monoisotopic (exact) mass is 297 g/mol. The lowest BCUT2D eigenvalue weighted by atomic mass is 10.1. The lowest BCUT2D eigenvalue weighted by Crippen LogP contribution is -2.29. The molecule has 1 aliphatic heterocycles. The van der Waals surface area contributed by atoms with E-state index >= 15 is 0 Å². The number of hydrogen-bond acceptors (Lipinski definition) is 4. The van der Waals surface area contributed by atoms with Gasteiger partial charge in [-0.1, -0.05) is 12.1 Å². The molecule has 0 unspecified atom stereocenters. The van der Waals surface area contributed by atoms with Gasteiger partial charge >= 0.3 is 0 Å². The minimum atomic E-state index is -0.515. The van der Waals surface area contributed by atoms with Crippen LogP contribution < -0.4 is 14.4 Å². The molecule has 0 saturated heterocycles. The summed E-state index contributed by atoms with van der Waals surface area (Å²) in [5.41, 5.74) is 1.89. The Hall–Kier alpha value is -2.82. The van der Waals surface area contributed by atoms with Crippen molar-refractivity contribution in [1.29, 1.82) is 0 Å². The molecule has 5 heteroatoms. The normalized spacial score (nSPS) is 13.3. The first-order valence-corrected chi connectivity index (χ1v) is 6.82. The van der Waals surface area contributed by atoms with E-state index in [-0.39, 0.29) is 6.54 Å². The number of anilines is 1. The van der Waals surface area contributed by atoms with Crippen molar-refractivity contribution in [3.8, 4) is 11.5 Å². The topological polar surface area (TPSA) is 55.8 Å². The first kappa shape index (κ1) is 14.1. The van der Waals surface area contributed by atoms with Crippen LogP contribution in [-0.4, -0.2) is 25.9 Å². The van der Waals surface area contributed by atoms with Gasteiger partial charge in [-0.15, -0.1) is 0 Å². The minimum absolute atomic E-state index is 0.273. The Morgan fingerprint density at radius 1 is 1.00 bits per heavy atom. The SMILES string of the molecule is COc1ccc(CN2C(=O)C(=O)c3ccccc32)c(OC)c1. The summed E-state index contributed by atoms with van der Waals surface area (Å²) < 4.78 is 10.5. The highest BCUT2D eigenvalue weighted by Gasteiger charge is 2.35. The molecular weight excluding hydrogens is 282 g/mol. The summed E-state index contributed by atoms with van der Waals surface area (Å²) in [5, 5.41) is 0. The van der Waals surface area contributed by atoms with E-state index in [1.54, 1.807) is 44.6 Å². The summed E-state index contributed by atoms with van der Waals surface area (Å²) in [4.78, 5) is 25.7. The molecular formula is C17H15NO4. The molecule has 2 aromatic carbocycles. The fourth-order valence-electron chi connectivity index (χ4n) is 2.56. The number of benzene rings is 2. The zero-order valence-electron chi connectivity index (χ0n) is 12.3. The van der Waals surface area contributed by atoms with Crippen LogP contribution in [0.15, 0.2) is 42.5 Å². The molecule has 0 bridgehead atoms. The number of carbonyl (C=O) groups is 2. The summed E-state index contributed by atoms with van der Waals surface area (Å²) in [6.45, 7) is 0.273. The third-order valence-corrected chi connectivity index (χ3v) is 3.70. The average molecular weight is 297 g/mol. The smallest absolute Gasteiger partial charge is 0.299 e. The molecule has 22 heavy (non-hydrogen) atoms. The Morgan fingerprint density at radius 3 is 2.50 bits per heavy atom. The first-order chi connectivity index (χ1) is 10.7. The third kappa shape index (κ3) is 2.20. The molecule has 3 rings (SSSR count). The maximum Gasteiger partial charge on any atom is 0.299 e. The van der Waals surface area contributed by atoms with Gasteiger partial charge in [-0.3, -0.25) is 9.59 Å². The number of amides is 1. The predicted octanol–water partition coefficient (Wildman–Crippen LogP) is 2.43. The molecule has 1 aliphatic rings. The van der Waals surface area contributed by atoms with Crippen LogP contribution in [0.1, 0.15) is 15.9 Å². The van der Waals surface area contributed by atoms with Crippen molar-refractivity contribution in [3.05, 3.63) is 53.6 Å². The first-order valence-electron chi connectivity index (χ1n) is 6.82. The van der Waals surface area contributed by atoms with Gasteiger partial charge in [0.25, 0.3) is 11.7 Å². The van der Waals surface area contributed by atoms with Crippen LogP contribution in [0, 0.1) is 0 Å². The predicted molar refractivity (Wildman–Crippen MR) is 81.5 cm³/mol. The zero-order chi connectivity index (χ0) is 15.7.